The van der Waals surface area contributed by atoms with Crippen molar-refractivity contribution in [3.05, 3.63) is 0 Å². The third-order valence-electron chi connectivity index (χ3n) is 3.90. The molecule has 4 heteroatoms. The molecule has 1 aliphatic heterocycles. The van der Waals surface area contributed by atoms with Crippen LogP contribution in [-0.2, 0) is 14.3 Å². The molecule has 0 aromatic rings. The van der Waals surface area contributed by atoms with Gasteiger partial charge in [-0.15, -0.1) is 0 Å². The predicted molar refractivity (Wildman–Crippen MR) is 63.6 cm³/mol. The van der Waals surface area contributed by atoms with E-state index in [4.69, 9.17) is 0 Å². The van der Waals surface area contributed by atoms with Gasteiger partial charge < -0.3 is 14.4 Å². The first-order valence-corrected chi connectivity index (χ1v) is 6.37. The van der Waals surface area contributed by atoms with Crippen LogP contribution in [0, 0.1) is 5.92 Å². The van der Waals surface area contributed by atoms with E-state index in [1.807, 2.05) is 4.90 Å². The maximum Gasteiger partial charge on any atom is 0.226 e. The van der Waals surface area contributed by atoms with Gasteiger partial charge in [-0.05, 0) is 38.5 Å². The van der Waals surface area contributed by atoms with E-state index in [1.165, 1.54) is 0 Å². The number of carbonyl (C=O) groups is 2. The van der Waals surface area contributed by atoms with Crippen molar-refractivity contribution in [2.45, 2.75) is 50.1 Å². The second kappa shape index (κ2) is 4.77. The Hall–Kier alpha value is -0.900. The summed E-state index contributed by atoms with van der Waals surface area (Å²) >= 11 is 0. The van der Waals surface area contributed by atoms with Crippen molar-refractivity contribution in [3.8, 4) is 0 Å². The lowest BCUT2D eigenvalue weighted by atomic mass is 10.2. The van der Waals surface area contributed by atoms with E-state index in [0.29, 0.717) is 0 Å². The summed E-state index contributed by atoms with van der Waals surface area (Å²) in [5.74, 6) is 0.519. The van der Waals surface area contributed by atoms with Gasteiger partial charge in [0.2, 0.25) is 5.91 Å². The number of carbonyl (C=O) groups excluding carboxylic acids is 2. The van der Waals surface area contributed by atoms with E-state index in [-0.39, 0.29) is 23.4 Å². The lowest BCUT2D eigenvalue weighted by Gasteiger charge is -2.27. The van der Waals surface area contributed by atoms with E-state index in [2.05, 4.69) is 4.74 Å². The topological polar surface area (TPSA) is 46.6 Å². The van der Waals surface area contributed by atoms with Crippen LogP contribution in [-0.4, -0.2) is 42.9 Å². The number of hydrogen-bond acceptors (Lipinski definition) is 3. The molecule has 0 aromatic heterocycles. The number of rotatable bonds is 2. The van der Waals surface area contributed by atoms with Gasteiger partial charge in [-0.25, -0.2) is 0 Å². The minimum atomic E-state index is -0.106. The smallest absolute Gasteiger partial charge is 0.226 e. The highest BCUT2D eigenvalue weighted by Gasteiger charge is 2.58. The predicted octanol–water partition coefficient (Wildman–Crippen LogP) is 1.38. The van der Waals surface area contributed by atoms with E-state index in [1.54, 1.807) is 14.2 Å². The van der Waals surface area contributed by atoms with Crippen molar-refractivity contribution in [2.24, 2.45) is 5.92 Å². The molecule has 3 rings (SSSR count). The zero-order valence-electron chi connectivity index (χ0n) is 10.6. The number of amides is 1. The third-order valence-corrected chi connectivity index (χ3v) is 3.90. The van der Waals surface area contributed by atoms with Crippen LogP contribution in [0.25, 0.3) is 0 Å². The summed E-state index contributed by atoms with van der Waals surface area (Å²) in [5.41, 5.74) is 0.130. The Morgan fingerprint density at radius 1 is 1.24 bits per heavy atom. The molecule has 1 heterocycles. The Morgan fingerprint density at radius 3 is 2.24 bits per heavy atom. The fourth-order valence-electron chi connectivity index (χ4n) is 2.71. The molecule has 1 saturated heterocycles. The molecule has 3 aliphatic rings. The highest BCUT2D eigenvalue weighted by atomic mass is 16.4. The Bertz CT molecular complexity index is 308. The third kappa shape index (κ3) is 2.37. The molecule has 2 aliphatic carbocycles. The second-order valence-electron chi connectivity index (χ2n) is 5.36. The molecule has 96 valence electrons. The number of likely N-dealkylation sites (tertiary alicyclic amines) is 1. The summed E-state index contributed by atoms with van der Waals surface area (Å²) in [6.45, 7) is 0. The first kappa shape index (κ1) is 12.6. The number of aldehydes is 1. The van der Waals surface area contributed by atoms with E-state index in [9.17, 15) is 9.59 Å². The van der Waals surface area contributed by atoms with Crippen molar-refractivity contribution in [3.63, 3.8) is 0 Å². The van der Waals surface area contributed by atoms with Crippen molar-refractivity contribution in [1.29, 1.82) is 0 Å². The molecule has 17 heavy (non-hydrogen) atoms. The number of methoxy groups -OCH3 is 1. The Balaban J connectivity index is 0.000000329. The summed E-state index contributed by atoms with van der Waals surface area (Å²) in [5, 5.41) is 0. The second-order valence-corrected chi connectivity index (χ2v) is 5.36. The Kier molecular flexibility index (Phi) is 3.52. The van der Waals surface area contributed by atoms with Gasteiger partial charge in [0.25, 0.3) is 0 Å². The van der Waals surface area contributed by atoms with Crippen LogP contribution in [0.5, 0.6) is 0 Å². The molecule has 0 aromatic carbocycles. The molecular weight excluding hydrogens is 218 g/mol. The quantitative estimate of drug-likeness (QED) is 0.684. The van der Waals surface area contributed by atoms with Crippen molar-refractivity contribution in [1.82, 2.24) is 4.90 Å². The van der Waals surface area contributed by atoms with Crippen LogP contribution in [0.15, 0.2) is 0 Å². The maximum absolute atomic E-state index is 12.0. The van der Waals surface area contributed by atoms with Crippen molar-refractivity contribution < 1.29 is 14.3 Å². The first-order valence-electron chi connectivity index (χ1n) is 6.37. The largest absolute Gasteiger partial charge is 0.388 e. The number of ether oxygens (including phenoxy) is 1. The van der Waals surface area contributed by atoms with Gasteiger partial charge in [0.05, 0.1) is 6.04 Å². The maximum atomic E-state index is 12.0. The zero-order valence-corrected chi connectivity index (χ0v) is 10.6. The fraction of sp³-hybridized carbons (Fsp3) is 0.846. The number of hydrogen-bond donors (Lipinski definition) is 0. The van der Waals surface area contributed by atoms with Crippen molar-refractivity contribution >= 4 is 12.2 Å². The summed E-state index contributed by atoms with van der Waals surface area (Å²) in [7, 11) is 3.25. The van der Waals surface area contributed by atoms with E-state index in [0.717, 1.165) is 44.8 Å². The van der Waals surface area contributed by atoms with Crippen LogP contribution in [0.2, 0.25) is 0 Å². The molecule has 1 atom stereocenters. The average molecular weight is 239 g/mol. The Labute approximate surface area is 102 Å². The molecule has 0 N–H and O–H groups in total. The molecule has 0 bridgehead atoms. The van der Waals surface area contributed by atoms with E-state index < -0.39 is 0 Å². The van der Waals surface area contributed by atoms with Gasteiger partial charge in [-0.2, -0.15) is 0 Å². The lowest BCUT2D eigenvalue weighted by Crippen LogP contribution is -2.44. The number of nitrogens with zero attached hydrogens (tertiary/aromatic N) is 1. The highest BCUT2D eigenvalue weighted by Crippen LogP contribution is 2.53. The fourth-order valence-corrected chi connectivity index (χ4v) is 2.71. The highest BCUT2D eigenvalue weighted by molar-refractivity contribution is 5.85. The summed E-state index contributed by atoms with van der Waals surface area (Å²) in [4.78, 5) is 24.8. The van der Waals surface area contributed by atoms with Gasteiger partial charge in [0, 0.05) is 25.7 Å². The van der Waals surface area contributed by atoms with Gasteiger partial charge in [-0.3, -0.25) is 4.79 Å². The normalized spacial score (nSPS) is 28.6. The van der Waals surface area contributed by atoms with Crippen molar-refractivity contribution in [2.75, 3.05) is 14.2 Å². The zero-order chi connectivity index (χ0) is 12.5. The van der Waals surface area contributed by atoms with E-state index >= 15 is 0 Å². The molecule has 1 amide bonds. The van der Waals surface area contributed by atoms with Crippen LogP contribution < -0.4 is 0 Å². The molecule has 3 fully saturated rings. The van der Waals surface area contributed by atoms with Gasteiger partial charge in [-0.1, -0.05) is 0 Å². The standard InChI is InChI=1S/C11H15NO2.C2H6O/c13-7-9-3-4-11(5-6-11)12(9)10(14)8-1-2-8;1-3-2/h7-9H,1-6H2;1-2H3. The molecule has 4 nitrogen and oxygen atoms in total. The van der Waals surface area contributed by atoms with Crippen LogP contribution >= 0.6 is 0 Å². The molecule has 0 radical (unpaired) electrons. The van der Waals surface area contributed by atoms with Crippen LogP contribution in [0.1, 0.15) is 38.5 Å². The van der Waals surface area contributed by atoms with Gasteiger partial charge in [0.1, 0.15) is 6.29 Å². The monoisotopic (exact) mass is 239 g/mol. The van der Waals surface area contributed by atoms with Gasteiger partial charge in [0.15, 0.2) is 0 Å². The Morgan fingerprint density at radius 2 is 1.82 bits per heavy atom. The van der Waals surface area contributed by atoms with Gasteiger partial charge >= 0.3 is 0 Å². The van der Waals surface area contributed by atoms with Crippen LogP contribution in [0.3, 0.4) is 0 Å². The molecular formula is C13H21NO3. The molecule has 2 saturated carbocycles. The minimum Gasteiger partial charge on any atom is -0.388 e. The first-order chi connectivity index (χ1) is 8.18. The SMILES string of the molecule is COC.O=CC1CCC2(CC2)N1C(=O)C1CC1. The average Bonchev–Trinajstić information content (AvgIpc) is 3.15. The summed E-state index contributed by atoms with van der Waals surface area (Å²) in [6.07, 6.45) is 7.23. The molecule has 1 spiro atoms. The summed E-state index contributed by atoms with van der Waals surface area (Å²) in [6, 6.07) is -0.106. The minimum absolute atomic E-state index is 0.106. The van der Waals surface area contributed by atoms with Crippen LogP contribution in [0.4, 0.5) is 0 Å². The lowest BCUT2D eigenvalue weighted by molar-refractivity contribution is -0.138. The summed E-state index contributed by atoms with van der Waals surface area (Å²) < 4.78 is 4.25. The molecule has 1 unspecified atom stereocenters.